The van der Waals surface area contributed by atoms with Gasteiger partial charge in [0, 0.05) is 29.0 Å². The fraction of sp³-hybridized carbons (Fsp3) is 0.682. The van der Waals surface area contributed by atoms with Gasteiger partial charge >= 0.3 is 0 Å². The summed E-state index contributed by atoms with van der Waals surface area (Å²) in [4.78, 5) is 62.6. The third-order valence-electron chi connectivity index (χ3n) is 5.22. The first-order chi connectivity index (χ1) is 13.6. The molecular weight excluding hydrogens is 386 g/mol. The first kappa shape index (κ1) is 25.5. The smallest absolute Gasteiger partial charge is 0.254 e. The molecule has 8 nitrogen and oxygen atoms in total. The van der Waals surface area contributed by atoms with Crippen molar-refractivity contribution in [3.05, 3.63) is 12.2 Å². The fourth-order valence-corrected chi connectivity index (χ4v) is 3.60. The summed E-state index contributed by atoms with van der Waals surface area (Å²) in [6.07, 6.45) is 2.65. The number of carbonyl (C=O) groups excluding carboxylic acids is 5. The van der Waals surface area contributed by atoms with Gasteiger partial charge in [0.2, 0.25) is 11.8 Å². The average Bonchev–Trinajstić information content (AvgIpc) is 2.94. The first-order valence-electron chi connectivity index (χ1n) is 10.3. The van der Waals surface area contributed by atoms with E-state index >= 15 is 0 Å². The summed E-state index contributed by atoms with van der Waals surface area (Å²) in [5.41, 5.74) is -1.86. The number of hydrogen-bond acceptors (Lipinski definition) is 5. The van der Waals surface area contributed by atoms with Crippen molar-refractivity contribution in [1.29, 1.82) is 0 Å². The van der Waals surface area contributed by atoms with Crippen LogP contribution in [0.25, 0.3) is 0 Å². The largest absolute Gasteiger partial charge is 0.347 e. The molecule has 0 aromatic rings. The summed E-state index contributed by atoms with van der Waals surface area (Å²) < 4.78 is 0. The molecule has 0 fully saturated rings. The van der Waals surface area contributed by atoms with Crippen molar-refractivity contribution in [2.24, 2.45) is 17.3 Å². The summed E-state index contributed by atoms with van der Waals surface area (Å²) >= 11 is 0. The molecule has 8 heteroatoms. The van der Waals surface area contributed by atoms with Gasteiger partial charge in [-0.05, 0) is 26.2 Å². The van der Waals surface area contributed by atoms with E-state index in [1.54, 1.807) is 55.4 Å². The van der Waals surface area contributed by atoms with Gasteiger partial charge in [-0.3, -0.25) is 28.9 Å². The lowest BCUT2D eigenvalue weighted by Gasteiger charge is -2.40. The van der Waals surface area contributed by atoms with Crippen LogP contribution >= 0.6 is 0 Å². The molecular formula is C22H35N3O5. The van der Waals surface area contributed by atoms with Crippen LogP contribution in [0.15, 0.2) is 12.2 Å². The molecule has 1 atom stereocenters. The Bertz CT molecular complexity index is 732. The van der Waals surface area contributed by atoms with E-state index in [1.165, 1.54) is 12.2 Å². The number of nitrogens with zero attached hydrogens (tertiary/aromatic N) is 1. The summed E-state index contributed by atoms with van der Waals surface area (Å²) in [6.45, 7) is 13.9. The van der Waals surface area contributed by atoms with E-state index in [4.69, 9.17) is 0 Å². The Balaban J connectivity index is 2.87. The van der Waals surface area contributed by atoms with Gasteiger partial charge in [0.1, 0.15) is 6.04 Å². The van der Waals surface area contributed by atoms with Crippen LogP contribution in [-0.2, 0) is 24.0 Å². The van der Waals surface area contributed by atoms with Gasteiger partial charge in [0.15, 0.2) is 5.78 Å². The zero-order chi connectivity index (χ0) is 23.4. The van der Waals surface area contributed by atoms with E-state index in [1.807, 2.05) is 0 Å². The third kappa shape index (κ3) is 6.24. The molecule has 168 valence electrons. The highest BCUT2D eigenvalue weighted by molar-refractivity contribution is 6.13. The average molecular weight is 422 g/mol. The van der Waals surface area contributed by atoms with Crippen LogP contribution in [0.3, 0.4) is 0 Å². The van der Waals surface area contributed by atoms with E-state index in [0.29, 0.717) is 0 Å². The van der Waals surface area contributed by atoms with E-state index in [9.17, 15) is 24.0 Å². The van der Waals surface area contributed by atoms with Crippen LogP contribution in [0.2, 0.25) is 0 Å². The predicted octanol–water partition coefficient (Wildman–Crippen LogP) is 1.59. The minimum absolute atomic E-state index is 0.0851. The molecule has 2 N–H and O–H groups in total. The molecule has 0 aliphatic carbocycles. The van der Waals surface area contributed by atoms with Gasteiger partial charge in [-0.15, -0.1) is 0 Å². The maximum atomic E-state index is 13.0. The first-order valence-corrected chi connectivity index (χ1v) is 10.3. The van der Waals surface area contributed by atoms with Gasteiger partial charge in [0.05, 0.1) is 6.54 Å². The minimum atomic E-state index is -0.964. The maximum absolute atomic E-state index is 13.0. The summed E-state index contributed by atoms with van der Waals surface area (Å²) in [5, 5.41) is 5.38. The number of rotatable bonds is 10. The number of imide groups is 1. The molecule has 1 rings (SSSR count). The number of carbonyl (C=O) groups is 5. The Morgan fingerprint density at radius 1 is 0.967 bits per heavy atom. The van der Waals surface area contributed by atoms with Crippen molar-refractivity contribution in [3.8, 4) is 0 Å². The Morgan fingerprint density at radius 3 is 1.90 bits per heavy atom. The second kappa shape index (κ2) is 9.53. The lowest BCUT2D eigenvalue weighted by molar-refractivity contribution is -0.146. The molecule has 1 heterocycles. The quantitative estimate of drug-likeness (QED) is 0.520. The van der Waals surface area contributed by atoms with Crippen LogP contribution in [0, 0.1) is 17.3 Å². The molecule has 0 spiro atoms. The van der Waals surface area contributed by atoms with E-state index < -0.39 is 34.7 Å². The minimum Gasteiger partial charge on any atom is -0.347 e. The van der Waals surface area contributed by atoms with Gasteiger partial charge in [-0.25, -0.2) is 0 Å². The van der Waals surface area contributed by atoms with Crippen molar-refractivity contribution < 1.29 is 24.0 Å². The zero-order valence-corrected chi connectivity index (χ0v) is 19.3. The SMILES string of the molecule is CC(C)C(=O)CNC(=O)C(NC(=O)C(C)(C)CC(C)(C)N1C(=O)C=CC1=O)C(C)C. The summed E-state index contributed by atoms with van der Waals surface area (Å²) in [6, 6.07) is -0.809. The highest BCUT2D eigenvalue weighted by Crippen LogP contribution is 2.34. The second-order valence-corrected chi connectivity index (χ2v) is 9.75. The lowest BCUT2D eigenvalue weighted by Crippen LogP contribution is -2.56. The number of hydrogen-bond donors (Lipinski definition) is 2. The van der Waals surface area contributed by atoms with Crippen LogP contribution in [0.4, 0.5) is 0 Å². The Hall–Kier alpha value is -2.51. The molecule has 30 heavy (non-hydrogen) atoms. The topological polar surface area (TPSA) is 113 Å². The van der Waals surface area contributed by atoms with E-state index in [-0.39, 0.29) is 36.5 Å². The molecule has 0 bridgehead atoms. The molecule has 1 aliphatic heterocycles. The molecule has 0 saturated heterocycles. The third-order valence-corrected chi connectivity index (χ3v) is 5.22. The molecule has 1 aliphatic rings. The maximum Gasteiger partial charge on any atom is 0.254 e. The van der Waals surface area contributed by atoms with Crippen molar-refractivity contribution >= 4 is 29.4 Å². The van der Waals surface area contributed by atoms with Crippen LogP contribution in [-0.4, -0.2) is 52.4 Å². The lowest BCUT2D eigenvalue weighted by atomic mass is 9.78. The van der Waals surface area contributed by atoms with Crippen molar-refractivity contribution in [1.82, 2.24) is 15.5 Å². The Labute approximate surface area is 178 Å². The number of Topliss-reactive ketones (excluding diaryl/α,β-unsaturated/α-hetero) is 1. The van der Waals surface area contributed by atoms with Gasteiger partial charge in [-0.2, -0.15) is 0 Å². The molecule has 1 unspecified atom stereocenters. The fourth-order valence-electron chi connectivity index (χ4n) is 3.60. The zero-order valence-electron chi connectivity index (χ0n) is 19.3. The van der Waals surface area contributed by atoms with Crippen LogP contribution in [0.5, 0.6) is 0 Å². The standard InChI is InChI=1S/C22H35N3O5/c1-13(2)15(26)11-23-19(29)18(14(3)4)24-20(30)21(5,6)12-22(7,8)25-16(27)9-10-17(25)28/h9-10,13-14,18H,11-12H2,1-8H3,(H,23,29)(H,24,30). The second-order valence-electron chi connectivity index (χ2n) is 9.75. The molecule has 0 radical (unpaired) electrons. The van der Waals surface area contributed by atoms with Crippen molar-refractivity contribution in [3.63, 3.8) is 0 Å². The number of amides is 4. The summed E-state index contributed by atoms with van der Waals surface area (Å²) in [7, 11) is 0. The highest BCUT2D eigenvalue weighted by atomic mass is 16.2. The normalized spacial score (nSPS) is 15.7. The number of nitrogens with one attached hydrogen (secondary N) is 2. The van der Waals surface area contributed by atoms with E-state index in [0.717, 1.165) is 4.90 Å². The Morgan fingerprint density at radius 2 is 1.47 bits per heavy atom. The molecule has 0 aromatic heterocycles. The molecule has 0 aromatic carbocycles. The summed E-state index contributed by atoms with van der Waals surface area (Å²) in [5.74, 6) is -2.08. The van der Waals surface area contributed by atoms with Gasteiger partial charge in [-0.1, -0.05) is 41.5 Å². The molecule has 4 amide bonds. The monoisotopic (exact) mass is 421 g/mol. The predicted molar refractivity (Wildman–Crippen MR) is 113 cm³/mol. The van der Waals surface area contributed by atoms with Crippen molar-refractivity contribution in [2.45, 2.75) is 73.4 Å². The van der Waals surface area contributed by atoms with Gasteiger partial charge < -0.3 is 10.6 Å². The highest BCUT2D eigenvalue weighted by Gasteiger charge is 2.44. The van der Waals surface area contributed by atoms with Crippen LogP contribution in [0.1, 0.15) is 61.8 Å². The Kier molecular flexibility index (Phi) is 8.11. The van der Waals surface area contributed by atoms with E-state index in [2.05, 4.69) is 10.6 Å². The number of ketones is 1. The van der Waals surface area contributed by atoms with Gasteiger partial charge in [0.25, 0.3) is 11.8 Å². The van der Waals surface area contributed by atoms with Crippen LogP contribution < -0.4 is 10.6 Å². The van der Waals surface area contributed by atoms with Crippen molar-refractivity contribution in [2.75, 3.05) is 6.54 Å². The molecule has 0 saturated carbocycles.